The van der Waals surface area contributed by atoms with Gasteiger partial charge in [0.2, 0.25) is 0 Å². The van der Waals surface area contributed by atoms with Crippen LogP contribution >= 0.6 is 0 Å². The lowest BCUT2D eigenvalue weighted by Gasteiger charge is -2.26. The van der Waals surface area contributed by atoms with Crippen molar-refractivity contribution in [1.82, 2.24) is 19.5 Å². The fourth-order valence-corrected chi connectivity index (χ4v) is 3.62. The summed E-state index contributed by atoms with van der Waals surface area (Å²) in [7, 11) is 1.73. The zero-order chi connectivity index (χ0) is 23.6. The number of carbonyl (C=O) groups is 1. The summed E-state index contributed by atoms with van der Waals surface area (Å²) in [5.41, 5.74) is 2.48. The van der Waals surface area contributed by atoms with Gasteiger partial charge in [0.25, 0.3) is 5.91 Å². The van der Waals surface area contributed by atoms with E-state index in [4.69, 9.17) is 0 Å². The summed E-state index contributed by atoms with van der Waals surface area (Å²) >= 11 is 0. The molecule has 33 heavy (non-hydrogen) atoms. The normalized spacial score (nSPS) is 11.5. The van der Waals surface area contributed by atoms with Gasteiger partial charge in [-0.25, -0.2) is 19.9 Å². The first kappa shape index (κ1) is 22.3. The minimum Gasteiger partial charge on any atom is -0.371 e. The van der Waals surface area contributed by atoms with Crippen LogP contribution in [0.2, 0.25) is 0 Å². The molecule has 0 saturated carbocycles. The Kier molecular flexibility index (Phi) is 5.99. The van der Waals surface area contributed by atoms with Crippen molar-refractivity contribution < 1.29 is 18.0 Å². The molecule has 0 spiro atoms. The summed E-state index contributed by atoms with van der Waals surface area (Å²) in [6.45, 7) is 2.27. The van der Waals surface area contributed by atoms with Crippen LogP contribution in [0, 0.1) is 6.92 Å². The van der Waals surface area contributed by atoms with Crippen molar-refractivity contribution in [2.75, 3.05) is 17.3 Å². The van der Waals surface area contributed by atoms with Gasteiger partial charge in [0.1, 0.15) is 11.8 Å². The van der Waals surface area contributed by atoms with Gasteiger partial charge in [0.05, 0.1) is 12.0 Å². The molecule has 2 heterocycles. The Morgan fingerprint density at radius 2 is 1.85 bits per heavy atom. The highest BCUT2D eigenvalue weighted by Crippen LogP contribution is 2.32. The fourth-order valence-electron chi connectivity index (χ4n) is 3.62. The van der Waals surface area contributed by atoms with Crippen molar-refractivity contribution in [1.29, 1.82) is 0 Å². The summed E-state index contributed by atoms with van der Waals surface area (Å²) in [6.07, 6.45) is -1.40. The third-order valence-corrected chi connectivity index (χ3v) is 5.33. The standard InChI is InChI=1S/C23H21F3N6O/c1-15-8-9-18(32(23(24,25)26)22(33)16-6-4-3-5-7-16)12-17(15)10-11-31-14-30-19-20(27-2)28-13-29-21(19)31/h3-9,12-14H,10-11H2,1-2H3,(H,27,28,29). The lowest BCUT2D eigenvalue weighted by atomic mass is 10.0. The summed E-state index contributed by atoms with van der Waals surface area (Å²) in [5.74, 6) is -0.535. The number of benzene rings is 2. The van der Waals surface area contributed by atoms with Crippen molar-refractivity contribution in [3.63, 3.8) is 0 Å². The summed E-state index contributed by atoms with van der Waals surface area (Å²) < 4.78 is 43.5. The van der Waals surface area contributed by atoms with E-state index in [1.54, 1.807) is 25.5 Å². The summed E-state index contributed by atoms with van der Waals surface area (Å²) in [4.78, 5) is 25.3. The van der Waals surface area contributed by atoms with Gasteiger partial charge in [0.15, 0.2) is 11.5 Å². The molecular formula is C23H21F3N6O. The molecular weight excluding hydrogens is 433 g/mol. The quantitative estimate of drug-likeness (QED) is 0.432. The fraction of sp³-hybridized carbons (Fsp3) is 0.217. The maximum atomic E-state index is 13.9. The molecule has 0 bridgehead atoms. The molecule has 0 atom stereocenters. The highest BCUT2D eigenvalue weighted by atomic mass is 19.4. The topological polar surface area (TPSA) is 75.9 Å². The number of halogens is 3. The van der Waals surface area contributed by atoms with Gasteiger partial charge in [-0.2, -0.15) is 0 Å². The zero-order valence-electron chi connectivity index (χ0n) is 18.0. The molecule has 0 aliphatic carbocycles. The molecule has 170 valence electrons. The van der Waals surface area contributed by atoms with Crippen molar-refractivity contribution >= 4 is 28.6 Å². The summed E-state index contributed by atoms with van der Waals surface area (Å²) in [5, 5.41) is 2.95. The molecule has 2 aromatic carbocycles. The van der Waals surface area contributed by atoms with Crippen LogP contribution < -0.4 is 10.2 Å². The van der Waals surface area contributed by atoms with Gasteiger partial charge in [-0.1, -0.05) is 24.3 Å². The largest absolute Gasteiger partial charge is 0.491 e. The Bertz CT molecular complexity index is 1290. The van der Waals surface area contributed by atoms with E-state index < -0.39 is 12.2 Å². The van der Waals surface area contributed by atoms with Crippen molar-refractivity contribution in [2.24, 2.45) is 0 Å². The third-order valence-electron chi connectivity index (χ3n) is 5.33. The average molecular weight is 454 g/mol. The Balaban J connectivity index is 1.64. The molecule has 7 nitrogen and oxygen atoms in total. The SMILES string of the molecule is CNc1ncnc2c1ncn2CCc1cc(N(C(=O)c2ccccc2)C(F)(F)F)ccc1C. The number of aromatic nitrogens is 4. The van der Waals surface area contributed by atoms with Crippen LogP contribution in [0.4, 0.5) is 24.7 Å². The van der Waals surface area contributed by atoms with Gasteiger partial charge in [-0.05, 0) is 48.7 Å². The first-order valence-electron chi connectivity index (χ1n) is 10.2. The van der Waals surface area contributed by atoms with E-state index in [1.165, 1.54) is 42.7 Å². The zero-order valence-corrected chi connectivity index (χ0v) is 18.0. The number of fused-ring (bicyclic) bond motifs is 1. The molecule has 2 aromatic heterocycles. The van der Waals surface area contributed by atoms with Crippen LogP contribution in [0.25, 0.3) is 11.2 Å². The smallest absolute Gasteiger partial charge is 0.371 e. The van der Waals surface area contributed by atoms with Crippen LogP contribution in [0.1, 0.15) is 21.5 Å². The number of anilines is 2. The molecule has 4 aromatic rings. The van der Waals surface area contributed by atoms with Crippen LogP contribution in [0.3, 0.4) is 0 Å². The van der Waals surface area contributed by atoms with Gasteiger partial charge >= 0.3 is 6.30 Å². The highest BCUT2D eigenvalue weighted by Gasteiger charge is 2.42. The second-order valence-corrected chi connectivity index (χ2v) is 7.42. The number of imidazole rings is 1. The van der Waals surface area contributed by atoms with Crippen LogP contribution in [-0.2, 0) is 13.0 Å². The van der Waals surface area contributed by atoms with Gasteiger partial charge < -0.3 is 9.88 Å². The lowest BCUT2D eigenvalue weighted by molar-refractivity contribution is -0.122. The summed E-state index contributed by atoms with van der Waals surface area (Å²) in [6, 6.07) is 11.7. The molecule has 0 aliphatic heterocycles. The van der Waals surface area contributed by atoms with E-state index in [1.807, 2.05) is 11.5 Å². The van der Waals surface area contributed by atoms with E-state index in [2.05, 4.69) is 20.3 Å². The Hall–Kier alpha value is -3.95. The van der Waals surface area contributed by atoms with E-state index in [9.17, 15) is 18.0 Å². The number of carbonyl (C=O) groups excluding carboxylic acids is 1. The second kappa shape index (κ2) is 8.89. The van der Waals surface area contributed by atoms with E-state index >= 15 is 0 Å². The minimum atomic E-state index is -4.87. The maximum absolute atomic E-state index is 13.9. The van der Waals surface area contributed by atoms with Gasteiger partial charge in [-0.15, -0.1) is 13.2 Å². The number of nitrogens with one attached hydrogen (secondary N) is 1. The molecule has 0 fully saturated rings. The molecule has 0 radical (unpaired) electrons. The predicted octanol–water partition coefficient (Wildman–Crippen LogP) is 4.59. The Morgan fingerprint density at radius 3 is 2.55 bits per heavy atom. The Labute approximate surface area is 187 Å². The van der Waals surface area contributed by atoms with Crippen LogP contribution in [0.15, 0.2) is 61.2 Å². The maximum Gasteiger partial charge on any atom is 0.491 e. The van der Waals surface area contributed by atoms with Crippen molar-refractivity contribution in [2.45, 2.75) is 26.2 Å². The number of alkyl halides is 3. The number of hydrogen-bond acceptors (Lipinski definition) is 5. The van der Waals surface area contributed by atoms with Crippen molar-refractivity contribution in [3.05, 3.63) is 77.9 Å². The number of amides is 1. The molecule has 1 N–H and O–H groups in total. The molecule has 10 heteroatoms. The molecule has 4 rings (SSSR count). The second-order valence-electron chi connectivity index (χ2n) is 7.42. The molecule has 0 unspecified atom stereocenters. The van der Waals surface area contributed by atoms with Gasteiger partial charge in [-0.3, -0.25) is 4.79 Å². The first-order chi connectivity index (χ1) is 15.8. The van der Waals surface area contributed by atoms with E-state index in [0.29, 0.717) is 35.5 Å². The van der Waals surface area contributed by atoms with Crippen LogP contribution in [-0.4, -0.2) is 38.8 Å². The molecule has 1 amide bonds. The van der Waals surface area contributed by atoms with Gasteiger partial charge in [0, 0.05) is 19.2 Å². The number of nitrogens with zero attached hydrogens (tertiary/aromatic N) is 5. The first-order valence-corrected chi connectivity index (χ1v) is 10.2. The Morgan fingerprint density at radius 1 is 1.09 bits per heavy atom. The van der Waals surface area contributed by atoms with Crippen molar-refractivity contribution in [3.8, 4) is 0 Å². The van der Waals surface area contributed by atoms with E-state index in [0.717, 1.165) is 5.56 Å². The minimum absolute atomic E-state index is 0.0399. The monoisotopic (exact) mass is 454 g/mol. The van der Waals surface area contributed by atoms with Crippen LogP contribution in [0.5, 0.6) is 0 Å². The molecule has 0 aliphatic rings. The third kappa shape index (κ3) is 4.50. The average Bonchev–Trinajstić information content (AvgIpc) is 3.22. The highest BCUT2D eigenvalue weighted by molar-refractivity contribution is 6.06. The number of hydrogen-bond donors (Lipinski definition) is 1. The van der Waals surface area contributed by atoms with E-state index in [-0.39, 0.29) is 16.2 Å². The number of aryl methyl sites for hydroxylation is 3. The predicted molar refractivity (Wildman–Crippen MR) is 119 cm³/mol. The molecule has 0 saturated heterocycles. The lowest BCUT2D eigenvalue weighted by Crippen LogP contribution is -2.43. The number of rotatable bonds is 6.